The van der Waals surface area contributed by atoms with Gasteiger partial charge < -0.3 is 26.4 Å². The van der Waals surface area contributed by atoms with Crippen LogP contribution in [0.2, 0.25) is 0 Å². The van der Waals surface area contributed by atoms with Crippen molar-refractivity contribution in [2.45, 2.75) is 32.4 Å². The van der Waals surface area contributed by atoms with Gasteiger partial charge >= 0.3 is 11.7 Å². The van der Waals surface area contributed by atoms with Crippen molar-refractivity contribution >= 4 is 34.6 Å². The predicted molar refractivity (Wildman–Crippen MR) is 129 cm³/mol. The molecule has 3 rings (SSSR count). The molecule has 0 bridgehead atoms. The molecule has 1 heterocycles. The van der Waals surface area contributed by atoms with E-state index in [0.29, 0.717) is 33.4 Å². The Kier molecular flexibility index (Phi) is 7.99. The summed E-state index contributed by atoms with van der Waals surface area (Å²) in [5.41, 5.74) is 17.1. The van der Waals surface area contributed by atoms with E-state index in [-0.39, 0.29) is 31.2 Å². The van der Waals surface area contributed by atoms with Crippen molar-refractivity contribution in [3.8, 4) is 0 Å². The molecular formula is C24H27N5O5. The van der Waals surface area contributed by atoms with Gasteiger partial charge in [-0.25, -0.2) is 14.5 Å². The molecule has 0 aliphatic carbocycles. The zero-order valence-electron chi connectivity index (χ0n) is 18.8. The monoisotopic (exact) mass is 465 g/mol. The van der Waals surface area contributed by atoms with Crippen molar-refractivity contribution < 1.29 is 18.7 Å². The van der Waals surface area contributed by atoms with Gasteiger partial charge in [0.2, 0.25) is 0 Å². The van der Waals surface area contributed by atoms with Gasteiger partial charge in [-0.3, -0.25) is 9.79 Å². The standard InChI is InChI=1S/C24H27N5O5/c1-15-17-10-5-6-12-19(17)34-22(31)20(15)29(21(30)18(25)11-7-13-28-23(26)27)24(32)33-14-16-8-3-2-4-9-16/h2-6,8-10,12,18H,7,11,13-14,25H2,1H3,(H4,26,27,28)/t18-/m0/s1. The van der Waals surface area contributed by atoms with Gasteiger partial charge in [-0.2, -0.15) is 0 Å². The zero-order chi connectivity index (χ0) is 24.7. The summed E-state index contributed by atoms with van der Waals surface area (Å²) >= 11 is 0. The van der Waals surface area contributed by atoms with Crippen LogP contribution in [0.3, 0.4) is 0 Å². The van der Waals surface area contributed by atoms with Crippen LogP contribution in [0, 0.1) is 6.92 Å². The molecule has 0 saturated carbocycles. The van der Waals surface area contributed by atoms with Crippen LogP contribution in [-0.4, -0.2) is 30.5 Å². The molecule has 1 aromatic heterocycles. The second-order valence-electron chi connectivity index (χ2n) is 7.63. The molecule has 0 saturated heterocycles. The average Bonchev–Trinajstić information content (AvgIpc) is 2.83. The van der Waals surface area contributed by atoms with Gasteiger partial charge in [0.15, 0.2) is 5.96 Å². The Labute approximate surface area is 196 Å². The van der Waals surface area contributed by atoms with Gasteiger partial charge in [-0.15, -0.1) is 0 Å². The first-order valence-corrected chi connectivity index (χ1v) is 10.7. The largest absolute Gasteiger partial charge is 0.444 e. The number of nitrogens with zero attached hydrogens (tertiary/aromatic N) is 2. The highest BCUT2D eigenvalue weighted by molar-refractivity contribution is 6.15. The summed E-state index contributed by atoms with van der Waals surface area (Å²) in [5.74, 6) is -0.871. The number of para-hydroxylation sites is 1. The van der Waals surface area contributed by atoms with Crippen LogP contribution in [0.5, 0.6) is 0 Å². The number of hydrogen-bond acceptors (Lipinski definition) is 7. The van der Waals surface area contributed by atoms with Crippen LogP contribution >= 0.6 is 0 Å². The van der Waals surface area contributed by atoms with E-state index < -0.39 is 23.7 Å². The van der Waals surface area contributed by atoms with E-state index in [1.54, 1.807) is 55.5 Å². The van der Waals surface area contributed by atoms with Gasteiger partial charge in [-0.05, 0) is 37.0 Å². The summed E-state index contributed by atoms with van der Waals surface area (Å²) in [6.45, 7) is 1.80. The number of benzene rings is 2. The molecule has 2 amide bonds. The molecule has 1 atom stereocenters. The highest BCUT2D eigenvalue weighted by atomic mass is 16.6. The normalized spacial score (nSPS) is 11.6. The summed E-state index contributed by atoms with van der Waals surface area (Å²) in [6, 6.07) is 14.7. The molecule has 0 unspecified atom stereocenters. The second kappa shape index (κ2) is 11.1. The Hall–Kier alpha value is -4.18. The molecule has 0 aliphatic heterocycles. The fourth-order valence-corrected chi connectivity index (χ4v) is 3.44. The fourth-order valence-electron chi connectivity index (χ4n) is 3.44. The van der Waals surface area contributed by atoms with Gasteiger partial charge in [0, 0.05) is 11.9 Å². The second-order valence-corrected chi connectivity index (χ2v) is 7.63. The quantitative estimate of drug-likeness (QED) is 0.197. The zero-order valence-corrected chi connectivity index (χ0v) is 18.8. The summed E-state index contributed by atoms with van der Waals surface area (Å²) in [5, 5.41) is 0.576. The first kappa shape index (κ1) is 24.5. The van der Waals surface area contributed by atoms with Crippen LogP contribution in [0.25, 0.3) is 11.0 Å². The minimum Gasteiger partial charge on any atom is -0.444 e. The lowest BCUT2D eigenvalue weighted by Gasteiger charge is -2.24. The van der Waals surface area contributed by atoms with Crippen molar-refractivity contribution in [2.24, 2.45) is 22.2 Å². The Morgan fingerprint density at radius 3 is 2.47 bits per heavy atom. The molecule has 6 N–H and O–H groups in total. The number of amides is 2. The van der Waals surface area contributed by atoms with Crippen molar-refractivity contribution in [3.63, 3.8) is 0 Å². The van der Waals surface area contributed by atoms with Crippen molar-refractivity contribution in [2.75, 3.05) is 11.4 Å². The van der Waals surface area contributed by atoms with Gasteiger partial charge in [0.25, 0.3) is 5.91 Å². The molecule has 3 aromatic rings. The number of rotatable bonds is 8. The molecule has 0 fully saturated rings. The van der Waals surface area contributed by atoms with Crippen molar-refractivity contribution in [3.05, 3.63) is 76.1 Å². The summed E-state index contributed by atoms with van der Waals surface area (Å²) in [6.07, 6.45) is -0.460. The third kappa shape index (κ3) is 5.78. The van der Waals surface area contributed by atoms with E-state index in [9.17, 15) is 14.4 Å². The lowest BCUT2D eigenvalue weighted by Crippen LogP contribution is -2.49. The minimum absolute atomic E-state index is 0.0737. The predicted octanol–water partition coefficient (Wildman–Crippen LogP) is 2.15. The van der Waals surface area contributed by atoms with Crippen molar-refractivity contribution in [1.82, 2.24) is 0 Å². The highest BCUT2D eigenvalue weighted by Gasteiger charge is 2.33. The molecule has 0 spiro atoms. The number of guanidine groups is 1. The fraction of sp³-hybridized carbons (Fsp3) is 0.250. The molecule has 10 heteroatoms. The summed E-state index contributed by atoms with van der Waals surface area (Å²) < 4.78 is 10.7. The number of ether oxygens (including phenoxy) is 1. The highest BCUT2D eigenvalue weighted by Crippen LogP contribution is 2.26. The maximum absolute atomic E-state index is 13.3. The van der Waals surface area contributed by atoms with Crippen molar-refractivity contribution in [1.29, 1.82) is 0 Å². The first-order chi connectivity index (χ1) is 16.3. The van der Waals surface area contributed by atoms with E-state index in [1.807, 2.05) is 6.07 Å². The minimum atomic E-state index is -1.11. The number of fused-ring (bicyclic) bond motifs is 1. The number of nitrogens with two attached hydrogens (primary N) is 3. The van der Waals surface area contributed by atoms with Crippen LogP contribution < -0.4 is 27.7 Å². The maximum atomic E-state index is 13.3. The number of carbonyl (C=O) groups excluding carboxylic acids is 2. The number of hydrogen-bond donors (Lipinski definition) is 3. The molecule has 0 aliphatic rings. The van der Waals surface area contributed by atoms with Crippen LogP contribution in [0.15, 0.2) is 68.8 Å². The number of carbonyl (C=O) groups is 2. The topological polar surface area (TPSA) is 167 Å². The first-order valence-electron chi connectivity index (χ1n) is 10.7. The lowest BCUT2D eigenvalue weighted by molar-refractivity contribution is -0.119. The van der Waals surface area contributed by atoms with Gasteiger partial charge in [0.05, 0.1) is 6.04 Å². The SMILES string of the molecule is Cc1c(N(C(=O)OCc2ccccc2)C(=O)[C@@H](N)CCCN=C(N)N)c(=O)oc2ccccc12. The van der Waals surface area contributed by atoms with Crippen LogP contribution in [0.4, 0.5) is 10.5 Å². The maximum Gasteiger partial charge on any atom is 0.421 e. The Balaban J connectivity index is 1.94. The number of anilines is 1. The van der Waals surface area contributed by atoms with E-state index in [2.05, 4.69) is 4.99 Å². The smallest absolute Gasteiger partial charge is 0.421 e. The lowest BCUT2D eigenvalue weighted by atomic mass is 10.1. The Morgan fingerprint density at radius 1 is 1.09 bits per heavy atom. The summed E-state index contributed by atoms with van der Waals surface area (Å²) in [4.78, 5) is 43.8. The molecule has 0 radical (unpaired) electrons. The molecule has 34 heavy (non-hydrogen) atoms. The van der Waals surface area contributed by atoms with Crippen LogP contribution in [-0.2, 0) is 16.1 Å². The molecule has 178 valence electrons. The molecule has 2 aromatic carbocycles. The van der Waals surface area contributed by atoms with E-state index in [1.165, 1.54) is 0 Å². The number of aryl methyl sites for hydroxylation is 1. The van der Waals surface area contributed by atoms with Gasteiger partial charge in [0.1, 0.15) is 17.9 Å². The average molecular weight is 466 g/mol. The Morgan fingerprint density at radius 2 is 1.76 bits per heavy atom. The summed E-state index contributed by atoms with van der Waals surface area (Å²) in [7, 11) is 0. The molecule has 10 nitrogen and oxygen atoms in total. The number of aliphatic imine (C=N–C) groups is 1. The van der Waals surface area contributed by atoms with E-state index in [0.717, 1.165) is 0 Å². The van der Waals surface area contributed by atoms with Gasteiger partial charge in [-0.1, -0.05) is 48.5 Å². The molecular weight excluding hydrogens is 438 g/mol. The van der Waals surface area contributed by atoms with Crippen LogP contribution in [0.1, 0.15) is 24.0 Å². The third-order valence-corrected chi connectivity index (χ3v) is 5.16. The Bertz CT molecular complexity index is 1250. The van der Waals surface area contributed by atoms with E-state index >= 15 is 0 Å². The third-order valence-electron chi connectivity index (χ3n) is 5.16. The van der Waals surface area contributed by atoms with E-state index in [4.69, 9.17) is 26.4 Å². The number of imide groups is 1.